The van der Waals surface area contributed by atoms with Crippen molar-refractivity contribution in [2.24, 2.45) is 35.5 Å². The van der Waals surface area contributed by atoms with Crippen molar-refractivity contribution in [3.63, 3.8) is 0 Å². The molecule has 0 radical (unpaired) electrons. The van der Waals surface area contributed by atoms with Gasteiger partial charge in [-0.1, -0.05) is 123 Å². The molecule has 0 fully saturated rings. The zero-order valence-corrected chi connectivity index (χ0v) is 31.6. The Labute approximate surface area is 263 Å². The molecule has 0 amide bonds. The van der Waals surface area contributed by atoms with Gasteiger partial charge in [0.25, 0.3) is 0 Å². The van der Waals surface area contributed by atoms with Gasteiger partial charge in [0.05, 0.1) is 20.1 Å². The highest BCUT2D eigenvalue weighted by Gasteiger charge is 2.08. The predicted octanol–water partition coefficient (Wildman–Crippen LogP) is 10.5. The summed E-state index contributed by atoms with van der Waals surface area (Å²) in [6.45, 7) is 32.6. The first-order valence-electron chi connectivity index (χ1n) is 16.4. The van der Waals surface area contributed by atoms with Crippen molar-refractivity contribution < 1.29 is 28.7 Å². The zero-order chi connectivity index (χ0) is 34.8. The molecule has 6 heteroatoms. The lowest BCUT2D eigenvalue weighted by atomic mass is 10.1. The smallest absolute Gasteiger partial charge is 0.308 e. The van der Waals surface area contributed by atoms with Gasteiger partial charge < -0.3 is 14.3 Å². The van der Waals surface area contributed by atoms with Crippen molar-refractivity contribution in [3.05, 3.63) is 0 Å². The summed E-state index contributed by atoms with van der Waals surface area (Å²) >= 11 is 0. The molecule has 0 unspecified atom stereocenters. The topological polar surface area (TPSA) is 86.7 Å². The van der Waals surface area contributed by atoms with E-state index in [1.807, 2.05) is 55.4 Å². The summed E-state index contributed by atoms with van der Waals surface area (Å²) in [4.78, 5) is 41.5. The number of Topliss-reactive ketones (excluding diaryl/α,β-unsaturated/α-hetero) is 2. The summed E-state index contributed by atoms with van der Waals surface area (Å²) in [5, 5.41) is 0. The Bertz CT molecular complexity index is 592. The first kappa shape index (κ1) is 52.9. The zero-order valence-electron chi connectivity index (χ0n) is 31.6. The molecule has 0 aromatic heterocycles. The minimum atomic E-state index is -0.125. The molecule has 0 spiro atoms. The average Bonchev–Trinajstić information content (AvgIpc) is 2.91. The maximum atomic E-state index is 10.5. The molecule has 0 aromatic rings. The summed E-state index contributed by atoms with van der Waals surface area (Å²) in [7, 11) is 2.82. The third-order valence-corrected chi connectivity index (χ3v) is 6.28. The molecule has 2 atom stereocenters. The molecule has 0 aromatic carbocycles. The number of hydrogen-bond acceptors (Lipinski definition) is 6. The van der Waals surface area contributed by atoms with Crippen LogP contribution in [0.25, 0.3) is 0 Å². The number of rotatable bonds is 12. The molecular weight excluding hydrogens is 528 g/mol. The molecule has 0 aliphatic carbocycles. The highest BCUT2D eigenvalue weighted by molar-refractivity contribution is 5.77. The molecule has 0 bridgehead atoms. The highest BCUT2D eigenvalue weighted by Crippen LogP contribution is 2.03. The lowest BCUT2D eigenvalue weighted by Gasteiger charge is -2.02. The van der Waals surface area contributed by atoms with Crippen molar-refractivity contribution in [2.75, 3.05) is 14.2 Å². The minimum Gasteiger partial charge on any atom is -0.469 e. The summed E-state index contributed by atoms with van der Waals surface area (Å²) in [6, 6.07) is 0. The predicted molar refractivity (Wildman–Crippen MR) is 183 cm³/mol. The first-order valence-corrected chi connectivity index (χ1v) is 16.4. The normalized spacial score (nSPS) is 11.0. The summed E-state index contributed by atoms with van der Waals surface area (Å²) < 4.78 is 8.89. The second-order valence-electron chi connectivity index (χ2n) is 12.3. The van der Waals surface area contributed by atoms with Crippen molar-refractivity contribution in [3.8, 4) is 0 Å². The van der Waals surface area contributed by atoms with E-state index < -0.39 is 0 Å². The number of hydrogen-bond donors (Lipinski definition) is 0. The van der Waals surface area contributed by atoms with Gasteiger partial charge in [0.1, 0.15) is 11.6 Å². The molecule has 0 aliphatic heterocycles. The molecule has 0 heterocycles. The Morgan fingerprint density at radius 3 is 1.00 bits per heavy atom. The largest absolute Gasteiger partial charge is 0.469 e. The quantitative estimate of drug-likeness (QED) is 0.206. The van der Waals surface area contributed by atoms with Crippen LogP contribution >= 0.6 is 0 Å². The Morgan fingerprint density at radius 1 is 0.548 bits per heavy atom. The molecule has 42 heavy (non-hydrogen) atoms. The van der Waals surface area contributed by atoms with Crippen LogP contribution in [0.3, 0.4) is 0 Å². The van der Waals surface area contributed by atoms with Crippen LogP contribution in [0.15, 0.2) is 0 Å². The van der Waals surface area contributed by atoms with Gasteiger partial charge in [0, 0.05) is 18.8 Å². The van der Waals surface area contributed by atoms with E-state index in [1.54, 1.807) is 13.8 Å². The second-order valence-corrected chi connectivity index (χ2v) is 12.3. The number of ketones is 2. The van der Waals surface area contributed by atoms with E-state index in [9.17, 15) is 19.2 Å². The van der Waals surface area contributed by atoms with Gasteiger partial charge in [-0.2, -0.15) is 0 Å². The van der Waals surface area contributed by atoms with Gasteiger partial charge in [-0.15, -0.1) is 0 Å². The molecule has 256 valence electrons. The monoisotopic (exact) mass is 605 g/mol. The van der Waals surface area contributed by atoms with E-state index in [4.69, 9.17) is 0 Å². The fraction of sp³-hybridized carbons (Fsp3) is 0.889. The van der Waals surface area contributed by atoms with E-state index in [0.29, 0.717) is 24.0 Å². The van der Waals surface area contributed by atoms with E-state index in [0.717, 1.165) is 31.1 Å². The van der Waals surface area contributed by atoms with E-state index in [2.05, 4.69) is 51.0 Å². The second kappa shape index (κ2) is 39.3. The van der Waals surface area contributed by atoms with Crippen molar-refractivity contribution >= 4 is 23.5 Å². The molecule has 0 saturated carbocycles. The van der Waals surface area contributed by atoms with Crippen molar-refractivity contribution in [1.82, 2.24) is 0 Å². The minimum absolute atomic E-state index is 0.0556. The van der Waals surface area contributed by atoms with Gasteiger partial charge in [0.15, 0.2) is 0 Å². The molecule has 0 N–H and O–H groups in total. The molecule has 6 nitrogen and oxygen atoms in total. The van der Waals surface area contributed by atoms with Crippen LogP contribution in [0.2, 0.25) is 0 Å². The van der Waals surface area contributed by atoms with Gasteiger partial charge >= 0.3 is 11.9 Å². The Morgan fingerprint density at radius 2 is 0.952 bits per heavy atom. The van der Waals surface area contributed by atoms with Gasteiger partial charge in [-0.05, 0) is 50.4 Å². The van der Waals surface area contributed by atoms with Crippen LogP contribution in [0.5, 0.6) is 0 Å². The summed E-state index contributed by atoms with van der Waals surface area (Å²) in [5.41, 5.74) is 0. The number of methoxy groups -OCH3 is 2. The van der Waals surface area contributed by atoms with Crippen LogP contribution in [0.1, 0.15) is 162 Å². The molecule has 0 aliphatic rings. The Hall–Kier alpha value is -1.72. The number of ether oxygens (including phenoxy) is 2. The van der Waals surface area contributed by atoms with E-state index >= 15 is 0 Å². The molecular formula is C36H76O6. The Kier molecular flexibility index (Phi) is 49.5. The maximum absolute atomic E-state index is 10.5. The van der Waals surface area contributed by atoms with Crippen LogP contribution in [-0.2, 0) is 28.7 Å². The van der Waals surface area contributed by atoms with Crippen LogP contribution < -0.4 is 0 Å². The number of carbonyl (C=O) groups is 4. The lowest BCUT2D eigenvalue weighted by molar-refractivity contribution is -0.145. The van der Waals surface area contributed by atoms with Gasteiger partial charge in [0.2, 0.25) is 0 Å². The number of carbonyl (C=O) groups excluding carboxylic acids is 4. The third kappa shape index (κ3) is 62.1. The maximum Gasteiger partial charge on any atom is 0.308 e. The molecule has 0 rings (SSSR count). The standard InChI is InChI=1S/2C6H12O2.2C6H12O.2C6H14/c1-5(2)4-6(7)8-3;1-4-5(2)6(7)8-3;1-5(2)4-6(3)7;1-4-5(2)6(3)7;1-4-5-6(2)3;1-4-6(3)5-2/h2*5H,4H2,1-3H3;2*5H,4H2,1-3H3;2*6H,4-5H2,1-3H3/t;5-;;5-;;/m.0.0../s1. The van der Waals surface area contributed by atoms with E-state index in [-0.39, 0.29) is 29.6 Å². The first-order chi connectivity index (χ1) is 19.3. The molecule has 0 saturated heterocycles. The lowest BCUT2D eigenvalue weighted by Crippen LogP contribution is -2.10. The fourth-order valence-electron chi connectivity index (χ4n) is 2.51. The van der Waals surface area contributed by atoms with Crippen LogP contribution in [0.4, 0.5) is 0 Å². The summed E-state index contributed by atoms with van der Waals surface area (Å²) in [5.74, 6) is 3.42. The van der Waals surface area contributed by atoms with Crippen LogP contribution in [-0.4, -0.2) is 37.7 Å². The van der Waals surface area contributed by atoms with E-state index in [1.165, 1.54) is 39.9 Å². The van der Waals surface area contributed by atoms with Crippen molar-refractivity contribution in [1.29, 1.82) is 0 Å². The van der Waals surface area contributed by atoms with Gasteiger partial charge in [-0.25, -0.2) is 0 Å². The SMILES string of the molecule is CC(=O)CC(C)C.CCC(C)CC.CCCC(C)C.CC[C@H](C)C(=O)OC.CC[C@H](C)C(C)=O.COC(=O)CC(C)C. The fourth-order valence-corrected chi connectivity index (χ4v) is 2.51. The third-order valence-electron chi connectivity index (χ3n) is 6.28. The summed E-state index contributed by atoms with van der Waals surface area (Å²) in [6.07, 6.45) is 8.43. The highest BCUT2D eigenvalue weighted by atomic mass is 16.5. The van der Waals surface area contributed by atoms with Crippen LogP contribution in [0, 0.1) is 35.5 Å². The Balaban J connectivity index is -0.0000000929. The van der Waals surface area contributed by atoms with Crippen molar-refractivity contribution in [2.45, 2.75) is 162 Å². The van der Waals surface area contributed by atoms with Gasteiger partial charge in [-0.3, -0.25) is 14.4 Å². The number of esters is 2. The average molecular weight is 605 g/mol.